The quantitative estimate of drug-likeness (QED) is 0.832. The lowest BCUT2D eigenvalue weighted by Gasteiger charge is -2.38. The van der Waals surface area contributed by atoms with Crippen LogP contribution in [0.15, 0.2) is 12.1 Å². The number of hydrogen-bond acceptors (Lipinski definition) is 5. The molecule has 1 aliphatic rings. The van der Waals surface area contributed by atoms with Crippen molar-refractivity contribution in [2.75, 3.05) is 27.4 Å². The molecule has 1 amide bonds. The number of likely N-dealkylation sites (tertiary alicyclic amines) is 1. The summed E-state index contributed by atoms with van der Waals surface area (Å²) >= 11 is 0. The van der Waals surface area contributed by atoms with Crippen molar-refractivity contribution < 1.29 is 42.1 Å². The average molecular weight is 363 g/mol. The second kappa shape index (κ2) is 7.08. The zero-order chi connectivity index (χ0) is 18.8. The van der Waals surface area contributed by atoms with E-state index >= 15 is 0 Å². The molecule has 0 unspecified atom stereocenters. The van der Waals surface area contributed by atoms with Crippen LogP contribution in [0.25, 0.3) is 0 Å². The second-order valence-corrected chi connectivity index (χ2v) is 5.26. The molecule has 0 spiro atoms. The molecule has 0 bridgehead atoms. The molecule has 7 nitrogen and oxygen atoms in total. The van der Waals surface area contributed by atoms with E-state index in [0.29, 0.717) is 6.42 Å². The molecule has 10 heteroatoms. The van der Waals surface area contributed by atoms with Gasteiger partial charge < -0.3 is 24.2 Å². The maximum Gasteiger partial charge on any atom is 0.422 e. The summed E-state index contributed by atoms with van der Waals surface area (Å²) in [5.74, 6) is -2.21. The zero-order valence-electron chi connectivity index (χ0n) is 13.4. The number of benzene rings is 1. The number of carbonyl (C=O) groups excluding carboxylic acids is 1. The first-order valence-corrected chi connectivity index (χ1v) is 7.17. The summed E-state index contributed by atoms with van der Waals surface area (Å²) in [4.78, 5) is 24.6. The molecule has 0 saturated carbocycles. The number of ether oxygens (including phenoxy) is 3. The summed E-state index contributed by atoms with van der Waals surface area (Å²) in [6, 6.07) is 1.38. The number of amides is 1. The smallest absolute Gasteiger partial charge is 0.422 e. The van der Waals surface area contributed by atoms with E-state index in [-0.39, 0.29) is 29.4 Å². The van der Waals surface area contributed by atoms with Gasteiger partial charge in [-0.2, -0.15) is 13.2 Å². The summed E-state index contributed by atoms with van der Waals surface area (Å²) in [7, 11) is 2.47. The average Bonchev–Trinajstić information content (AvgIpc) is 2.49. The van der Waals surface area contributed by atoms with Crippen LogP contribution in [-0.2, 0) is 4.79 Å². The number of carbonyl (C=O) groups is 2. The number of aliphatic carboxylic acids is 1. The first kappa shape index (κ1) is 18.7. The van der Waals surface area contributed by atoms with Crippen LogP contribution in [-0.4, -0.2) is 61.5 Å². The van der Waals surface area contributed by atoms with E-state index in [1.165, 1.54) is 20.3 Å². The molecular weight excluding hydrogens is 347 g/mol. The summed E-state index contributed by atoms with van der Waals surface area (Å²) in [5.41, 5.74) is -0.0548. The molecule has 2 rings (SSSR count). The normalized spacial score (nSPS) is 16.8. The molecule has 1 saturated heterocycles. The molecule has 1 aliphatic heterocycles. The van der Waals surface area contributed by atoms with E-state index < -0.39 is 30.7 Å². The lowest BCUT2D eigenvalue weighted by molar-refractivity contribution is -0.153. The molecule has 1 N–H and O–H groups in total. The lowest BCUT2D eigenvalue weighted by Crippen LogP contribution is -2.55. The van der Waals surface area contributed by atoms with Crippen LogP contribution in [0.5, 0.6) is 17.2 Å². The Morgan fingerprint density at radius 1 is 1.24 bits per heavy atom. The summed E-state index contributed by atoms with van der Waals surface area (Å²) < 4.78 is 52.0. The van der Waals surface area contributed by atoms with Gasteiger partial charge in [0.1, 0.15) is 6.04 Å². The highest BCUT2D eigenvalue weighted by molar-refractivity contribution is 5.98. The molecule has 1 fully saturated rings. The summed E-state index contributed by atoms with van der Waals surface area (Å²) in [6.45, 7) is -1.34. The number of carboxylic acids is 1. The molecular formula is C15H16F3NO6. The first-order chi connectivity index (χ1) is 11.7. The molecule has 0 aromatic heterocycles. The Balaban J connectivity index is 2.35. The Bertz CT molecular complexity index is 676. The molecule has 0 aliphatic carbocycles. The zero-order valence-corrected chi connectivity index (χ0v) is 13.4. The van der Waals surface area contributed by atoms with E-state index in [1.807, 2.05) is 0 Å². The highest BCUT2D eigenvalue weighted by Gasteiger charge is 2.38. The van der Waals surface area contributed by atoms with Gasteiger partial charge in [0.25, 0.3) is 5.91 Å². The number of hydrogen-bond donors (Lipinski definition) is 1. The predicted octanol–water partition coefficient (Wildman–Crippen LogP) is 1.94. The minimum Gasteiger partial charge on any atom is -0.493 e. The van der Waals surface area contributed by atoms with E-state index in [2.05, 4.69) is 0 Å². The fourth-order valence-electron chi connectivity index (χ4n) is 2.37. The summed E-state index contributed by atoms with van der Waals surface area (Å²) in [5, 5.41) is 9.02. The maximum absolute atomic E-state index is 12.5. The number of methoxy groups -OCH3 is 2. The van der Waals surface area contributed by atoms with Gasteiger partial charge in [-0.3, -0.25) is 4.79 Å². The van der Waals surface area contributed by atoms with Crippen molar-refractivity contribution in [1.82, 2.24) is 4.90 Å². The molecule has 0 radical (unpaired) electrons. The van der Waals surface area contributed by atoms with Crippen molar-refractivity contribution in [2.24, 2.45) is 0 Å². The van der Waals surface area contributed by atoms with Gasteiger partial charge >= 0.3 is 12.1 Å². The van der Waals surface area contributed by atoms with Crippen LogP contribution >= 0.6 is 0 Å². The minimum atomic E-state index is -4.58. The number of nitrogens with zero attached hydrogens (tertiary/aromatic N) is 1. The van der Waals surface area contributed by atoms with Gasteiger partial charge in [0, 0.05) is 12.1 Å². The highest BCUT2D eigenvalue weighted by atomic mass is 19.4. The third-order valence-electron chi connectivity index (χ3n) is 3.65. The van der Waals surface area contributed by atoms with E-state index in [4.69, 9.17) is 19.3 Å². The Labute approximate surface area is 140 Å². The monoisotopic (exact) mass is 363 g/mol. The van der Waals surface area contributed by atoms with Crippen molar-refractivity contribution >= 4 is 11.9 Å². The Hall–Kier alpha value is -2.65. The number of halogens is 3. The molecule has 1 atom stereocenters. The van der Waals surface area contributed by atoms with Crippen LogP contribution in [0.1, 0.15) is 16.8 Å². The minimum absolute atomic E-state index is 0.00192. The van der Waals surface area contributed by atoms with Crippen molar-refractivity contribution in [3.63, 3.8) is 0 Å². The standard InChI is InChI=1S/C15H16F3NO6/c1-23-10-5-8(13(20)19-4-3-9(19)14(21)22)6-11(12(10)24-2)25-7-15(16,17)18/h5-6,9H,3-4,7H2,1-2H3,(H,21,22)/t9-/m1/s1. The lowest BCUT2D eigenvalue weighted by atomic mass is 10.0. The third kappa shape index (κ3) is 4.06. The van der Waals surface area contributed by atoms with Crippen LogP contribution in [0, 0.1) is 0 Å². The first-order valence-electron chi connectivity index (χ1n) is 7.17. The largest absolute Gasteiger partial charge is 0.493 e. The second-order valence-electron chi connectivity index (χ2n) is 5.26. The van der Waals surface area contributed by atoms with Gasteiger partial charge in [-0.1, -0.05) is 0 Å². The van der Waals surface area contributed by atoms with Gasteiger partial charge in [0.05, 0.1) is 14.2 Å². The predicted molar refractivity (Wildman–Crippen MR) is 78.2 cm³/mol. The van der Waals surface area contributed by atoms with E-state index in [1.54, 1.807) is 0 Å². The maximum atomic E-state index is 12.5. The Morgan fingerprint density at radius 2 is 1.88 bits per heavy atom. The van der Waals surface area contributed by atoms with Crippen LogP contribution in [0.4, 0.5) is 13.2 Å². The van der Waals surface area contributed by atoms with Gasteiger partial charge in [-0.15, -0.1) is 0 Å². The number of alkyl halides is 3. The van der Waals surface area contributed by atoms with Crippen LogP contribution in [0.2, 0.25) is 0 Å². The van der Waals surface area contributed by atoms with Crippen molar-refractivity contribution in [3.8, 4) is 17.2 Å². The molecule has 1 heterocycles. The topological polar surface area (TPSA) is 85.3 Å². The molecule has 1 aromatic rings. The highest BCUT2D eigenvalue weighted by Crippen LogP contribution is 2.40. The molecule has 138 valence electrons. The molecule has 25 heavy (non-hydrogen) atoms. The van der Waals surface area contributed by atoms with E-state index in [0.717, 1.165) is 11.0 Å². The Morgan fingerprint density at radius 3 is 2.32 bits per heavy atom. The fraction of sp³-hybridized carbons (Fsp3) is 0.467. The van der Waals surface area contributed by atoms with Crippen molar-refractivity contribution in [2.45, 2.75) is 18.6 Å². The van der Waals surface area contributed by atoms with Crippen LogP contribution in [0.3, 0.4) is 0 Å². The van der Waals surface area contributed by atoms with Gasteiger partial charge in [0.2, 0.25) is 5.75 Å². The summed E-state index contributed by atoms with van der Waals surface area (Å²) in [6.07, 6.45) is -4.27. The van der Waals surface area contributed by atoms with Gasteiger partial charge in [-0.25, -0.2) is 4.79 Å². The number of rotatable bonds is 6. The van der Waals surface area contributed by atoms with Crippen molar-refractivity contribution in [3.05, 3.63) is 17.7 Å². The molecule has 1 aromatic carbocycles. The Kier molecular flexibility index (Phi) is 5.29. The van der Waals surface area contributed by atoms with Crippen molar-refractivity contribution in [1.29, 1.82) is 0 Å². The third-order valence-corrected chi connectivity index (χ3v) is 3.65. The van der Waals surface area contributed by atoms with Gasteiger partial charge in [-0.05, 0) is 18.6 Å². The van der Waals surface area contributed by atoms with Gasteiger partial charge in [0.15, 0.2) is 18.1 Å². The van der Waals surface area contributed by atoms with E-state index in [9.17, 15) is 22.8 Å². The SMILES string of the molecule is COc1cc(C(=O)N2CC[C@@H]2C(=O)O)cc(OCC(F)(F)F)c1OC. The fourth-order valence-corrected chi connectivity index (χ4v) is 2.37. The number of carboxylic acid groups (broad SMARTS) is 1. The van der Waals surface area contributed by atoms with Crippen LogP contribution < -0.4 is 14.2 Å².